The molecule has 4 rings (SSSR count). The Morgan fingerprint density at radius 1 is 1.14 bits per heavy atom. The number of ether oxygens (including phenoxy) is 2. The van der Waals surface area contributed by atoms with Gasteiger partial charge in [0.25, 0.3) is 0 Å². The van der Waals surface area contributed by atoms with Crippen LogP contribution in [-0.2, 0) is 0 Å². The van der Waals surface area contributed by atoms with Crippen LogP contribution in [0, 0.1) is 0 Å². The zero-order valence-electron chi connectivity index (χ0n) is 14.8. The number of pyridine rings is 1. The molecule has 2 aromatic carbocycles. The second kappa shape index (κ2) is 6.69. The minimum atomic E-state index is -4.89. The number of rotatable bonds is 4. The van der Waals surface area contributed by atoms with E-state index in [9.17, 15) is 23.1 Å². The number of halogens is 3. The minimum Gasteiger partial charge on any atom is -0.493 e. The van der Waals surface area contributed by atoms with Gasteiger partial charge < -0.3 is 19.0 Å². The van der Waals surface area contributed by atoms with Crippen LogP contribution in [0.4, 0.5) is 13.2 Å². The predicted molar refractivity (Wildman–Crippen MR) is 97.1 cm³/mol. The lowest BCUT2D eigenvalue weighted by Crippen LogP contribution is -2.17. The Hall–Kier alpha value is -3.75. The molecule has 148 valence electrons. The maximum atomic E-state index is 12.5. The monoisotopic (exact) mass is 403 g/mol. The molecule has 0 radical (unpaired) electrons. The molecule has 0 saturated heterocycles. The Morgan fingerprint density at radius 3 is 2.62 bits per heavy atom. The Morgan fingerprint density at radius 2 is 1.93 bits per heavy atom. The number of benzene rings is 2. The fourth-order valence-corrected chi connectivity index (χ4v) is 3.03. The van der Waals surface area contributed by atoms with Gasteiger partial charge in [0, 0.05) is 10.8 Å². The smallest absolute Gasteiger partial charge is 0.493 e. The minimum absolute atomic E-state index is 0.0108. The predicted octanol–water partition coefficient (Wildman–Crippen LogP) is 5.25. The molecule has 0 saturated carbocycles. The number of carboxylic acid groups (broad SMARTS) is 1. The van der Waals surface area contributed by atoms with E-state index in [1.807, 2.05) is 0 Å². The highest BCUT2D eigenvalue weighted by atomic mass is 19.4. The molecule has 0 aliphatic rings. The summed E-state index contributed by atoms with van der Waals surface area (Å²) in [6.07, 6.45) is -4.89. The van der Waals surface area contributed by atoms with Crippen molar-refractivity contribution in [3.8, 4) is 23.0 Å². The van der Waals surface area contributed by atoms with Gasteiger partial charge in [-0.2, -0.15) is 0 Å². The highest BCUT2D eigenvalue weighted by molar-refractivity contribution is 6.04. The average Bonchev–Trinajstić information content (AvgIpc) is 3.10. The molecule has 1 N–H and O–H groups in total. The molecular weight excluding hydrogens is 391 g/mol. The van der Waals surface area contributed by atoms with Gasteiger partial charge in [-0.25, -0.2) is 9.78 Å². The summed E-state index contributed by atoms with van der Waals surface area (Å²) in [5.41, 5.74) is 0.641. The molecule has 9 heteroatoms. The first-order chi connectivity index (χ1) is 13.7. The summed E-state index contributed by atoms with van der Waals surface area (Å²) < 4.78 is 52.3. The molecule has 4 aromatic rings. The van der Waals surface area contributed by atoms with E-state index >= 15 is 0 Å². The molecule has 2 heterocycles. The van der Waals surface area contributed by atoms with Crippen molar-refractivity contribution in [3.05, 3.63) is 54.1 Å². The number of furan rings is 1. The molecule has 0 fully saturated rings. The SMILES string of the molecule is COc1cccc2cc(-c3cc(C(=O)O)c4cc(OC(F)(F)F)ccc4n3)oc12. The van der Waals surface area contributed by atoms with Gasteiger partial charge >= 0.3 is 12.3 Å². The van der Waals surface area contributed by atoms with Crippen LogP contribution < -0.4 is 9.47 Å². The standard InChI is InChI=1S/C20H12F3NO5/c1-27-16-4-2-3-10-7-17(28-18(10)16)15-9-13(19(25)26)12-8-11(29-20(21,22)23)5-6-14(12)24-15/h2-9H,1H3,(H,25,26). The summed E-state index contributed by atoms with van der Waals surface area (Å²) >= 11 is 0. The first-order valence-electron chi connectivity index (χ1n) is 8.26. The van der Waals surface area contributed by atoms with E-state index in [2.05, 4.69) is 9.72 Å². The first kappa shape index (κ1) is 18.6. The summed E-state index contributed by atoms with van der Waals surface area (Å²) in [7, 11) is 1.49. The second-order valence-corrected chi connectivity index (χ2v) is 6.08. The van der Waals surface area contributed by atoms with Crippen molar-refractivity contribution in [3.63, 3.8) is 0 Å². The van der Waals surface area contributed by atoms with E-state index in [1.54, 1.807) is 24.3 Å². The van der Waals surface area contributed by atoms with Crippen LogP contribution in [0.3, 0.4) is 0 Å². The van der Waals surface area contributed by atoms with Gasteiger partial charge in [0.1, 0.15) is 11.4 Å². The largest absolute Gasteiger partial charge is 0.573 e. The number of carboxylic acids is 1. The molecule has 0 aliphatic heterocycles. The van der Waals surface area contributed by atoms with Crippen molar-refractivity contribution in [1.29, 1.82) is 0 Å². The summed E-state index contributed by atoms with van der Waals surface area (Å²) in [6.45, 7) is 0. The molecule has 2 aromatic heterocycles. The molecule has 0 atom stereocenters. The maximum absolute atomic E-state index is 12.5. The van der Waals surface area contributed by atoms with Crippen molar-refractivity contribution in [2.24, 2.45) is 0 Å². The van der Waals surface area contributed by atoms with Crippen molar-refractivity contribution in [2.45, 2.75) is 6.36 Å². The number of nitrogens with zero attached hydrogens (tertiary/aromatic N) is 1. The lowest BCUT2D eigenvalue weighted by atomic mass is 10.1. The van der Waals surface area contributed by atoms with Crippen LogP contribution in [0.2, 0.25) is 0 Å². The van der Waals surface area contributed by atoms with Crippen LogP contribution in [0.25, 0.3) is 33.3 Å². The number of alkyl halides is 3. The highest BCUT2D eigenvalue weighted by Crippen LogP contribution is 2.35. The number of aromatic carboxylic acids is 1. The zero-order valence-corrected chi connectivity index (χ0v) is 14.8. The van der Waals surface area contributed by atoms with E-state index in [-0.39, 0.29) is 22.2 Å². The third-order valence-corrected chi connectivity index (χ3v) is 4.22. The van der Waals surface area contributed by atoms with Crippen molar-refractivity contribution in [1.82, 2.24) is 4.98 Å². The van der Waals surface area contributed by atoms with E-state index in [0.717, 1.165) is 17.5 Å². The molecule has 0 aliphatic carbocycles. The molecule has 0 spiro atoms. The molecule has 0 bridgehead atoms. The van der Waals surface area contributed by atoms with E-state index < -0.39 is 18.1 Å². The van der Waals surface area contributed by atoms with Crippen LogP contribution in [0.15, 0.2) is 52.9 Å². The number of methoxy groups -OCH3 is 1. The second-order valence-electron chi connectivity index (χ2n) is 6.08. The summed E-state index contributed by atoms with van der Waals surface area (Å²) in [5, 5.41) is 10.3. The molecule has 6 nitrogen and oxygen atoms in total. The number of hydrogen-bond donors (Lipinski definition) is 1. The normalized spacial score (nSPS) is 11.7. The van der Waals surface area contributed by atoms with E-state index in [1.165, 1.54) is 19.2 Å². The Labute approximate surface area is 161 Å². The number of fused-ring (bicyclic) bond motifs is 2. The Kier molecular flexibility index (Phi) is 4.30. The number of para-hydroxylation sites is 1. The third-order valence-electron chi connectivity index (χ3n) is 4.22. The lowest BCUT2D eigenvalue weighted by molar-refractivity contribution is -0.274. The molecule has 29 heavy (non-hydrogen) atoms. The molecule has 0 unspecified atom stereocenters. The van der Waals surface area contributed by atoms with Gasteiger partial charge in [-0.15, -0.1) is 13.2 Å². The number of hydrogen-bond acceptors (Lipinski definition) is 5. The fourth-order valence-electron chi connectivity index (χ4n) is 3.03. The van der Waals surface area contributed by atoms with Crippen molar-refractivity contribution in [2.75, 3.05) is 7.11 Å². The first-order valence-corrected chi connectivity index (χ1v) is 8.26. The van der Waals surface area contributed by atoms with E-state index in [4.69, 9.17) is 9.15 Å². The van der Waals surface area contributed by atoms with Crippen LogP contribution in [0.5, 0.6) is 11.5 Å². The van der Waals surface area contributed by atoms with Gasteiger partial charge in [0.15, 0.2) is 17.1 Å². The van der Waals surface area contributed by atoms with Crippen molar-refractivity contribution >= 4 is 27.8 Å². The highest BCUT2D eigenvalue weighted by Gasteiger charge is 2.31. The summed E-state index contributed by atoms with van der Waals surface area (Å²) in [5.74, 6) is -1.06. The molecular formula is C20H12F3NO5. The van der Waals surface area contributed by atoms with Gasteiger partial charge in [0.2, 0.25) is 0 Å². The number of carbonyl (C=O) groups is 1. The van der Waals surface area contributed by atoms with Gasteiger partial charge in [-0.1, -0.05) is 12.1 Å². The summed E-state index contributed by atoms with van der Waals surface area (Å²) in [6, 6.07) is 11.5. The van der Waals surface area contributed by atoms with Crippen LogP contribution >= 0.6 is 0 Å². The van der Waals surface area contributed by atoms with Gasteiger partial charge in [0.05, 0.1) is 18.2 Å². The Bertz CT molecular complexity index is 1250. The fraction of sp³-hybridized carbons (Fsp3) is 0.100. The van der Waals surface area contributed by atoms with Gasteiger partial charge in [-0.3, -0.25) is 0 Å². The zero-order chi connectivity index (χ0) is 20.8. The topological polar surface area (TPSA) is 81.8 Å². The number of aromatic nitrogens is 1. The van der Waals surface area contributed by atoms with Crippen LogP contribution in [-0.4, -0.2) is 29.5 Å². The summed E-state index contributed by atoms with van der Waals surface area (Å²) in [4.78, 5) is 16.1. The van der Waals surface area contributed by atoms with Crippen molar-refractivity contribution < 1.29 is 37.0 Å². The Balaban J connectivity index is 1.88. The third kappa shape index (κ3) is 3.54. The maximum Gasteiger partial charge on any atom is 0.573 e. The van der Waals surface area contributed by atoms with E-state index in [0.29, 0.717) is 17.1 Å². The van der Waals surface area contributed by atoms with Gasteiger partial charge in [-0.05, 0) is 36.4 Å². The quantitative estimate of drug-likeness (QED) is 0.501. The average molecular weight is 403 g/mol. The lowest BCUT2D eigenvalue weighted by Gasteiger charge is -2.11. The molecule has 0 amide bonds. The van der Waals surface area contributed by atoms with Crippen LogP contribution in [0.1, 0.15) is 10.4 Å².